The van der Waals surface area contributed by atoms with Gasteiger partial charge in [-0.05, 0) is 67.9 Å². The van der Waals surface area contributed by atoms with Crippen LogP contribution in [0.25, 0.3) is 27.7 Å². The molecule has 2 atom stereocenters. The fourth-order valence-corrected chi connectivity index (χ4v) is 4.58. The molecule has 0 fully saturated rings. The van der Waals surface area contributed by atoms with E-state index >= 15 is 0 Å². The van der Waals surface area contributed by atoms with E-state index in [9.17, 15) is 9.59 Å². The number of amides is 1. The number of benzene rings is 3. The molecule has 2 heterocycles. The van der Waals surface area contributed by atoms with Crippen molar-refractivity contribution in [3.63, 3.8) is 0 Å². The van der Waals surface area contributed by atoms with Gasteiger partial charge in [0.15, 0.2) is 5.69 Å². The molecule has 0 saturated carbocycles. The van der Waals surface area contributed by atoms with Crippen LogP contribution in [-0.2, 0) is 4.74 Å². The number of carbonyl (C=O) groups is 2. The highest BCUT2D eigenvalue weighted by molar-refractivity contribution is 5.95. The molecule has 1 aliphatic heterocycles. The first kappa shape index (κ1) is 22.6. The Hall–Kier alpha value is -4.19. The molecule has 1 aliphatic rings. The predicted molar refractivity (Wildman–Crippen MR) is 137 cm³/mol. The maximum atomic E-state index is 13.1. The largest absolute Gasteiger partial charge is 0.461 e. The number of esters is 1. The van der Waals surface area contributed by atoms with Gasteiger partial charge in [0.2, 0.25) is 0 Å². The SMILES string of the molecule is CCOC(=O)c1cc(-c2ccc3ccccc3c2)n(-c2ccc(C(=O)N3[C@H](C)C=C[C@H]3C)cc2)n1. The van der Waals surface area contributed by atoms with Gasteiger partial charge in [0.25, 0.3) is 5.91 Å². The van der Waals surface area contributed by atoms with Crippen LogP contribution in [0.1, 0.15) is 41.6 Å². The second-order valence-electron chi connectivity index (χ2n) is 8.73. The summed E-state index contributed by atoms with van der Waals surface area (Å²) in [6.07, 6.45) is 4.10. The fraction of sp³-hybridized carbons (Fsp3) is 0.207. The first-order valence-electron chi connectivity index (χ1n) is 11.8. The normalized spacial score (nSPS) is 17.2. The molecule has 0 spiro atoms. The van der Waals surface area contributed by atoms with E-state index in [0.717, 1.165) is 27.7 Å². The Bertz CT molecular complexity index is 1420. The van der Waals surface area contributed by atoms with Crippen molar-refractivity contribution in [2.45, 2.75) is 32.9 Å². The zero-order valence-corrected chi connectivity index (χ0v) is 20.0. The standard InChI is InChI=1S/C29H27N3O3/c1-4-35-29(34)26-18-27(24-12-11-21-7-5-6-8-23(21)17-24)32(30-26)25-15-13-22(14-16-25)28(33)31-19(2)9-10-20(31)3/h5-20H,4H2,1-3H3/t19-,20-/m1/s1. The third kappa shape index (κ3) is 4.23. The molecule has 6 heteroatoms. The van der Waals surface area contributed by atoms with Crippen LogP contribution >= 0.6 is 0 Å². The van der Waals surface area contributed by atoms with Crippen LogP contribution in [0.5, 0.6) is 0 Å². The maximum absolute atomic E-state index is 13.1. The highest BCUT2D eigenvalue weighted by Gasteiger charge is 2.28. The summed E-state index contributed by atoms with van der Waals surface area (Å²) >= 11 is 0. The van der Waals surface area contributed by atoms with Gasteiger partial charge >= 0.3 is 5.97 Å². The number of carbonyl (C=O) groups excluding carboxylic acids is 2. The zero-order valence-electron chi connectivity index (χ0n) is 20.0. The average molecular weight is 466 g/mol. The number of aromatic nitrogens is 2. The van der Waals surface area contributed by atoms with Crippen molar-refractivity contribution >= 4 is 22.6 Å². The first-order chi connectivity index (χ1) is 17.0. The van der Waals surface area contributed by atoms with Crippen molar-refractivity contribution in [2.24, 2.45) is 0 Å². The Balaban J connectivity index is 1.54. The summed E-state index contributed by atoms with van der Waals surface area (Å²) in [5, 5.41) is 6.80. The van der Waals surface area contributed by atoms with Crippen LogP contribution in [0, 0.1) is 0 Å². The van der Waals surface area contributed by atoms with E-state index in [0.29, 0.717) is 5.56 Å². The van der Waals surface area contributed by atoms with E-state index in [1.54, 1.807) is 17.7 Å². The third-order valence-corrected chi connectivity index (χ3v) is 6.38. The van der Waals surface area contributed by atoms with E-state index < -0.39 is 5.97 Å². The quantitative estimate of drug-likeness (QED) is 0.282. The van der Waals surface area contributed by atoms with E-state index in [-0.39, 0.29) is 30.3 Å². The van der Waals surface area contributed by atoms with Crippen LogP contribution in [0.2, 0.25) is 0 Å². The summed E-state index contributed by atoms with van der Waals surface area (Å²) in [4.78, 5) is 27.4. The van der Waals surface area contributed by atoms with Crippen LogP contribution in [0.4, 0.5) is 0 Å². The average Bonchev–Trinajstić information content (AvgIpc) is 3.47. The number of nitrogens with zero attached hydrogens (tertiary/aromatic N) is 3. The summed E-state index contributed by atoms with van der Waals surface area (Å²) in [7, 11) is 0. The second kappa shape index (κ2) is 9.22. The minimum atomic E-state index is -0.468. The van der Waals surface area contributed by atoms with Crippen LogP contribution in [0.3, 0.4) is 0 Å². The van der Waals surface area contributed by atoms with Crippen LogP contribution in [-0.4, -0.2) is 45.2 Å². The Kier molecular flexibility index (Phi) is 5.95. The third-order valence-electron chi connectivity index (χ3n) is 6.38. The van der Waals surface area contributed by atoms with Gasteiger partial charge in [-0.1, -0.05) is 48.6 Å². The number of fused-ring (bicyclic) bond motifs is 1. The van der Waals surface area contributed by atoms with Crippen LogP contribution < -0.4 is 0 Å². The molecule has 0 unspecified atom stereocenters. The van der Waals surface area contributed by atoms with Gasteiger partial charge in [-0.3, -0.25) is 4.79 Å². The molecule has 0 radical (unpaired) electrons. The van der Waals surface area contributed by atoms with Crippen molar-refractivity contribution in [1.29, 1.82) is 0 Å². The van der Waals surface area contributed by atoms with Crippen molar-refractivity contribution in [2.75, 3.05) is 6.61 Å². The molecule has 5 rings (SSSR count). The van der Waals surface area contributed by atoms with Crippen molar-refractivity contribution < 1.29 is 14.3 Å². The Labute approximate surface area is 204 Å². The van der Waals surface area contributed by atoms with Gasteiger partial charge in [0.05, 0.1) is 18.0 Å². The highest BCUT2D eigenvalue weighted by Crippen LogP contribution is 2.28. The molecule has 0 saturated heterocycles. The van der Waals surface area contributed by atoms with Gasteiger partial charge in [-0.25, -0.2) is 9.48 Å². The summed E-state index contributed by atoms with van der Waals surface area (Å²) in [6.45, 7) is 6.08. The van der Waals surface area contributed by atoms with Crippen LogP contribution in [0.15, 0.2) is 84.9 Å². The van der Waals surface area contributed by atoms with Crippen molar-refractivity contribution in [3.05, 3.63) is 96.2 Å². The molecular weight excluding hydrogens is 438 g/mol. The van der Waals surface area contributed by atoms with Gasteiger partial charge in [-0.15, -0.1) is 0 Å². The molecule has 0 bridgehead atoms. The molecule has 1 aromatic heterocycles. The summed E-state index contributed by atoms with van der Waals surface area (Å²) in [5.74, 6) is -0.478. The molecule has 3 aromatic carbocycles. The molecule has 35 heavy (non-hydrogen) atoms. The molecule has 0 N–H and O–H groups in total. The molecular formula is C29H27N3O3. The lowest BCUT2D eigenvalue weighted by molar-refractivity contribution is 0.0518. The molecule has 6 nitrogen and oxygen atoms in total. The second-order valence-corrected chi connectivity index (χ2v) is 8.73. The van der Waals surface area contributed by atoms with Crippen molar-refractivity contribution in [3.8, 4) is 16.9 Å². The van der Waals surface area contributed by atoms with Gasteiger partial charge in [0.1, 0.15) is 0 Å². The molecule has 1 amide bonds. The molecule has 176 valence electrons. The Morgan fingerprint density at radius 3 is 2.26 bits per heavy atom. The number of hydrogen-bond acceptors (Lipinski definition) is 4. The van der Waals surface area contributed by atoms with E-state index in [2.05, 4.69) is 29.4 Å². The maximum Gasteiger partial charge on any atom is 0.358 e. The van der Waals surface area contributed by atoms with E-state index in [1.807, 2.05) is 73.4 Å². The Morgan fingerprint density at radius 1 is 0.886 bits per heavy atom. The lowest BCUT2D eigenvalue weighted by Gasteiger charge is -2.26. The highest BCUT2D eigenvalue weighted by atomic mass is 16.5. The lowest BCUT2D eigenvalue weighted by atomic mass is 10.0. The predicted octanol–water partition coefficient (Wildman–Crippen LogP) is 5.66. The monoisotopic (exact) mass is 465 g/mol. The first-order valence-corrected chi connectivity index (χ1v) is 11.8. The van der Waals surface area contributed by atoms with Gasteiger partial charge < -0.3 is 9.64 Å². The van der Waals surface area contributed by atoms with E-state index in [4.69, 9.17) is 4.74 Å². The lowest BCUT2D eigenvalue weighted by Crippen LogP contribution is -2.39. The zero-order chi connectivity index (χ0) is 24.5. The van der Waals surface area contributed by atoms with Crippen molar-refractivity contribution in [1.82, 2.24) is 14.7 Å². The molecule has 0 aliphatic carbocycles. The fourth-order valence-electron chi connectivity index (χ4n) is 4.58. The number of ether oxygens (including phenoxy) is 1. The summed E-state index contributed by atoms with van der Waals surface area (Å²) in [6, 6.07) is 23.5. The number of hydrogen-bond donors (Lipinski definition) is 0. The van der Waals surface area contributed by atoms with Gasteiger partial charge in [0, 0.05) is 23.2 Å². The topological polar surface area (TPSA) is 64.4 Å². The minimum absolute atomic E-state index is 0.0102. The van der Waals surface area contributed by atoms with Gasteiger partial charge in [-0.2, -0.15) is 5.10 Å². The summed E-state index contributed by atoms with van der Waals surface area (Å²) < 4.78 is 6.92. The smallest absolute Gasteiger partial charge is 0.358 e. The summed E-state index contributed by atoms with van der Waals surface area (Å²) in [5.41, 5.74) is 3.30. The van der Waals surface area contributed by atoms with E-state index in [1.165, 1.54) is 0 Å². The molecule has 4 aromatic rings. The number of rotatable bonds is 5. The minimum Gasteiger partial charge on any atom is -0.461 e. The Morgan fingerprint density at radius 2 is 1.57 bits per heavy atom.